The molecule has 0 spiro atoms. The predicted octanol–water partition coefficient (Wildman–Crippen LogP) is 2.23. The van der Waals surface area contributed by atoms with E-state index in [4.69, 9.17) is 16.3 Å². The number of nitro benzene ring substituents is 1. The van der Waals surface area contributed by atoms with Crippen molar-refractivity contribution in [3.8, 4) is 5.75 Å². The Labute approximate surface area is 139 Å². The summed E-state index contributed by atoms with van der Waals surface area (Å²) in [4.78, 5) is 24.4. The van der Waals surface area contributed by atoms with Gasteiger partial charge >= 0.3 is 5.69 Å². The van der Waals surface area contributed by atoms with Gasteiger partial charge in [-0.15, -0.1) is 0 Å². The van der Waals surface area contributed by atoms with E-state index in [1.807, 2.05) is 11.9 Å². The lowest BCUT2D eigenvalue weighted by Gasteiger charge is -2.31. The minimum absolute atomic E-state index is 0.0103. The fraction of sp³-hybridized carbons (Fsp3) is 0.533. The molecule has 1 aromatic rings. The van der Waals surface area contributed by atoms with Crippen LogP contribution in [0.5, 0.6) is 5.75 Å². The second-order valence-electron chi connectivity index (χ2n) is 5.41. The van der Waals surface area contributed by atoms with Gasteiger partial charge in [0, 0.05) is 30.2 Å². The van der Waals surface area contributed by atoms with Crippen molar-refractivity contribution in [1.29, 1.82) is 0 Å². The van der Waals surface area contributed by atoms with Crippen LogP contribution in [0.2, 0.25) is 5.02 Å². The number of hydrogen-bond donors (Lipinski definition) is 1. The van der Waals surface area contributed by atoms with Gasteiger partial charge in [0.15, 0.2) is 5.75 Å². The highest BCUT2D eigenvalue weighted by atomic mass is 35.5. The lowest BCUT2D eigenvalue weighted by atomic mass is 10.1. The molecule has 1 saturated heterocycles. The van der Waals surface area contributed by atoms with E-state index in [9.17, 15) is 14.9 Å². The van der Waals surface area contributed by atoms with Crippen LogP contribution in [0.3, 0.4) is 0 Å². The van der Waals surface area contributed by atoms with Crippen LogP contribution in [0.15, 0.2) is 18.2 Å². The summed E-state index contributed by atoms with van der Waals surface area (Å²) in [5.74, 6) is 0.136. The number of benzene rings is 1. The minimum atomic E-state index is -0.550. The van der Waals surface area contributed by atoms with Gasteiger partial charge in [0.05, 0.1) is 18.0 Å². The maximum Gasteiger partial charge on any atom is 0.312 e. The van der Waals surface area contributed by atoms with Crippen LogP contribution in [-0.4, -0.2) is 48.5 Å². The molecule has 1 aromatic carbocycles. The van der Waals surface area contributed by atoms with Gasteiger partial charge in [-0.3, -0.25) is 14.9 Å². The van der Waals surface area contributed by atoms with Crippen molar-refractivity contribution in [2.75, 3.05) is 26.7 Å². The van der Waals surface area contributed by atoms with E-state index in [2.05, 4.69) is 5.32 Å². The van der Waals surface area contributed by atoms with Crippen LogP contribution >= 0.6 is 11.6 Å². The summed E-state index contributed by atoms with van der Waals surface area (Å²) in [6.07, 6.45) is 2.07. The lowest BCUT2D eigenvalue weighted by molar-refractivity contribution is -0.385. The van der Waals surface area contributed by atoms with Gasteiger partial charge in [-0.2, -0.15) is 0 Å². The SMILES string of the molecule is CNC1CCN(C(=O)CCOc2ccc(Cl)cc2[N+](=O)[O-])CC1. The fourth-order valence-electron chi connectivity index (χ4n) is 2.58. The van der Waals surface area contributed by atoms with Crippen molar-refractivity contribution in [1.82, 2.24) is 10.2 Å². The summed E-state index contributed by atoms with van der Waals surface area (Å²) >= 11 is 5.74. The lowest BCUT2D eigenvalue weighted by Crippen LogP contribution is -2.44. The third-order valence-corrected chi connectivity index (χ3v) is 4.18. The average Bonchev–Trinajstić information content (AvgIpc) is 2.56. The Morgan fingerprint density at radius 3 is 2.78 bits per heavy atom. The summed E-state index contributed by atoms with van der Waals surface area (Å²) in [6, 6.07) is 4.67. The van der Waals surface area contributed by atoms with E-state index in [1.165, 1.54) is 18.2 Å². The highest BCUT2D eigenvalue weighted by Crippen LogP contribution is 2.29. The number of nitro groups is 1. The first kappa shape index (κ1) is 17.5. The maximum atomic E-state index is 12.1. The molecule has 1 aliphatic heterocycles. The van der Waals surface area contributed by atoms with Crippen molar-refractivity contribution in [2.24, 2.45) is 0 Å². The second-order valence-corrected chi connectivity index (χ2v) is 5.85. The van der Waals surface area contributed by atoms with Crippen LogP contribution in [0.1, 0.15) is 19.3 Å². The molecule has 0 radical (unpaired) electrons. The van der Waals surface area contributed by atoms with Crippen LogP contribution < -0.4 is 10.1 Å². The Hall–Kier alpha value is -1.86. The molecule has 1 amide bonds. The zero-order valence-electron chi connectivity index (χ0n) is 13.0. The predicted molar refractivity (Wildman–Crippen MR) is 86.9 cm³/mol. The number of ether oxygens (including phenoxy) is 1. The Morgan fingerprint density at radius 2 is 2.17 bits per heavy atom. The Bertz CT molecular complexity index is 574. The molecule has 1 heterocycles. The van der Waals surface area contributed by atoms with Crippen molar-refractivity contribution >= 4 is 23.2 Å². The first-order chi connectivity index (χ1) is 11.0. The molecule has 126 valence electrons. The number of carbonyl (C=O) groups is 1. The molecule has 8 heteroatoms. The fourth-order valence-corrected chi connectivity index (χ4v) is 2.75. The molecule has 0 bridgehead atoms. The molecule has 1 aliphatic rings. The number of halogens is 1. The third kappa shape index (κ3) is 4.80. The van der Waals surface area contributed by atoms with E-state index in [0.717, 1.165) is 25.9 Å². The van der Waals surface area contributed by atoms with E-state index in [1.54, 1.807) is 0 Å². The van der Waals surface area contributed by atoms with E-state index in [-0.39, 0.29) is 35.4 Å². The molecule has 0 aromatic heterocycles. The van der Waals surface area contributed by atoms with Crippen LogP contribution in [-0.2, 0) is 4.79 Å². The van der Waals surface area contributed by atoms with Crippen molar-refractivity contribution in [2.45, 2.75) is 25.3 Å². The Kier molecular flexibility index (Phi) is 6.18. The molecule has 0 atom stereocenters. The quantitative estimate of drug-likeness (QED) is 0.633. The number of likely N-dealkylation sites (tertiary alicyclic amines) is 1. The number of amides is 1. The summed E-state index contributed by atoms with van der Waals surface area (Å²) in [5.41, 5.74) is -0.195. The number of hydrogen-bond acceptors (Lipinski definition) is 5. The summed E-state index contributed by atoms with van der Waals surface area (Å²) in [6.45, 7) is 1.56. The van der Waals surface area contributed by atoms with Crippen LogP contribution in [0, 0.1) is 10.1 Å². The maximum absolute atomic E-state index is 12.1. The van der Waals surface area contributed by atoms with Gasteiger partial charge in [0.2, 0.25) is 5.91 Å². The molecule has 1 N–H and O–H groups in total. The first-order valence-corrected chi connectivity index (χ1v) is 7.91. The normalized spacial score (nSPS) is 15.5. The van der Waals surface area contributed by atoms with E-state index in [0.29, 0.717) is 6.04 Å². The minimum Gasteiger partial charge on any atom is -0.486 e. The van der Waals surface area contributed by atoms with Gasteiger partial charge < -0.3 is 15.0 Å². The molecular weight excluding hydrogens is 322 g/mol. The molecule has 23 heavy (non-hydrogen) atoms. The van der Waals surface area contributed by atoms with Gasteiger partial charge in [-0.25, -0.2) is 0 Å². The highest BCUT2D eigenvalue weighted by Gasteiger charge is 2.22. The first-order valence-electron chi connectivity index (χ1n) is 7.53. The number of piperidine rings is 1. The smallest absolute Gasteiger partial charge is 0.312 e. The Morgan fingerprint density at radius 1 is 1.48 bits per heavy atom. The summed E-state index contributed by atoms with van der Waals surface area (Å²) < 4.78 is 5.40. The van der Waals surface area contributed by atoms with Crippen LogP contribution in [0.25, 0.3) is 0 Å². The standard InChI is InChI=1S/C15H20ClN3O4/c1-17-12-4-7-18(8-5-12)15(20)6-9-23-14-3-2-11(16)10-13(14)19(21)22/h2-3,10,12,17H,4-9H2,1H3. The van der Waals surface area contributed by atoms with Gasteiger partial charge in [0.25, 0.3) is 0 Å². The van der Waals surface area contributed by atoms with E-state index >= 15 is 0 Å². The summed E-state index contributed by atoms with van der Waals surface area (Å²) in [5, 5.41) is 14.4. The monoisotopic (exact) mass is 341 g/mol. The van der Waals surface area contributed by atoms with Gasteiger partial charge in [-0.1, -0.05) is 11.6 Å². The largest absolute Gasteiger partial charge is 0.486 e. The van der Waals surface area contributed by atoms with Crippen LogP contribution in [0.4, 0.5) is 5.69 Å². The van der Waals surface area contributed by atoms with Gasteiger partial charge in [0.1, 0.15) is 0 Å². The molecule has 2 rings (SSSR count). The average molecular weight is 342 g/mol. The molecule has 0 aliphatic carbocycles. The highest BCUT2D eigenvalue weighted by molar-refractivity contribution is 6.30. The zero-order chi connectivity index (χ0) is 16.8. The molecular formula is C15H20ClN3O4. The molecule has 0 saturated carbocycles. The Balaban J connectivity index is 1.83. The van der Waals surface area contributed by atoms with E-state index < -0.39 is 4.92 Å². The topological polar surface area (TPSA) is 84.7 Å². The number of nitrogens with zero attached hydrogens (tertiary/aromatic N) is 2. The zero-order valence-corrected chi connectivity index (χ0v) is 13.7. The van der Waals surface area contributed by atoms with Crippen molar-refractivity contribution in [3.05, 3.63) is 33.3 Å². The number of rotatable bonds is 6. The molecule has 7 nitrogen and oxygen atoms in total. The van der Waals surface area contributed by atoms with Gasteiger partial charge in [-0.05, 0) is 32.0 Å². The third-order valence-electron chi connectivity index (χ3n) is 3.95. The number of nitrogens with one attached hydrogen (secondary N) is 1. The summed E-state index contributed by atoms with van der Waals surface area (Å²) in [7, 11) is 1.93. The van der Waals surface area contributed by atoms with Crippen molar-refractivity contribution in [3.63, 3.8) is 0 Å². The van der Waals surface area contributed by atoms with Crippen molar-refractivity contribution < 1.29 is 14.5 Å². The number of carbonyl (C=O) groups excluding carboxylic acids is 1. The molecule has 0 unspecified atom stereocenters. The molecule has 1 fully saturated rings. The second kappa shape index (κ2) is 8.12.